The number of hydrogen-bond acceptors (Lipinski definition) is 4. The molecule has 11 heteroatoms. The predicted octanol–water partition coefficient (Wildman–Crippen LogP) is 6.72. The summed E-state index contributed by atoms with van der Waals surface area (Å²) < 4.78 is 89.4. The SMILES string of the molecule is N#Cc1ccc(CSc2ccc(/C=N/NC(F)(F)C(F)(F)C(F)(F)F)c3ccccc23)cc1. The van der Waals surface area contributed by atoms with Gasteiger partial charge in [-0.1, -0.05) is 42.5 Å². The van der Waals surface area contributed by atoms with Crippen molar-refractivity contribution in [2.45, 2.75) is 28.8 Å². The highest BCUT2D eigenvalue weighted by atomic mass is 32.2. The lowest BCUT2D eigenvalue weighted by atomic mass is 10.1. The number of halogens is 7. The van der Waals surface area contributed by atoms with Crippen LogP contribution in [-0.2, 0) is 5.75 Å². The van der Waals surface area contributed by atoms with Gasteiger partial charge in [0.25, 0.3) is 0 Å². The number of rotatable bonds is 7. The number of alkyl halides is 7. The summed E-state index contributed by atoms with van der Waals surface area (Å²) in [6, 6.07) is 13.4. The Hall–Kier alpha value is -3.26. The van der Waals surface area contributed by atoms with Crippen LogP contribution in [0.5, 0.6) is 0 Å². The molecule has 3 rings (SSSR count). The second-order valence-electron chi connectivity index (χ2n) is 6.81. The van der Waals surface area contributed by atoms with Gasteiger partial charge in [-0.05, 0) is 34.5 Å². The van der Waals surface area contributed by atoms with Gasteiger partial charge in [0.15, 0.2) is 0 Å². The first kappa shape index (κ1) is 24.4. The van der Waals surface area contributed by atoms with Crippen LogP contribution in [0.25, 0.3) is 10.8 Å². The molecule has 0 unspecified atom stereocenters. The molecule has 3 aromatic rings. The minimum Gasteiger partial charge on any atom is -0.242 e. The molecule has 0 atom stereocenters. The molecule has 3 aromatic carbocycles. The van der Waals surface area contributed by atoms with E-state index >= 15 is 0 Å². The molecule has 0 fully saturated rings. The molecule has 0 amide bonds. The number of nitrogens with zero attached hydrogens (tertiary/aromatic N) is 2. The molecule has 0 heterocycles. The molecule has 0 saturated heterocycles. The lowest BCUT2D eigenvalue weighted by Crippen LogP contribution is -2.58. The maximum Gasteiger partial charge on any atom is 0.462 e. The van der Waals surface area contributed by atoms with Crippen molar-refractivity contribution in [3.63, 3.8) is 0 Å². The summed E-state index contributed by atoms with van der Waals surface area (Å²) in [4.78, 5) is 0.828. The van der Waals surface area contributed by atoms with Crippen molar-refractivity contribution in [2.75, 3.05) is 0 Å². The first-order valence-electron chi connectivity index (χ1n) is 9.22. The molecule has 3 nitrogen and oxygen atoms in total. The van der Waals surface area contributed by atoms with Gasteiger partial charge in [0, 0.05) is 16.2 Å². The highest BCUT2D eigenvalue weighted by molar-refractivity contribution is 7.98. The van der Waals surface area contributed by atoms with Gasteiger partial charge in [-0.15, -0.1) is 11.8 Å². The van der Waals surface area contributed by atoms with Gasteiger partial charge in [0.05, 0.1) is 17.8 Å². The number of thioether (sulfide) groups is 1. The third-order valence-electron chi connectivity index (χ3n) is 4.55. The van der Waals surface area contributed by atoms with Crippen LogP contribution in [0, 0.1) is 11.3 Å². The van der Waals surface area contributed by atoms with E-state index in [1.54, 1.807) is 42.5 Å². The summed E-state index contributed by atoms with van der Waals surface area (Å²) in [6.45, 7) is 0. The lowest BCUT2D eigenvalue weighted by molar-refractivity contribution is -0.361. The van der Waals surface area contributed by atoms with E-state index in [2.05, 4.69) is 5.10 Å². The summed E-state index contributed by atoms with van der Waals surface area (Å²) >= 11 is 1.47. The van der Waals surface area contributed by atoms with Crippen molar-refractivity contribution in [1.29, 1.82) is 5.26 Å². The Labute approximate surface area is 187 Å². The standard InChI is InChI=1S/C22H14F7N3S/c23-20(24,21(25,26)27)22(28,29)32-31-12-16-9-10-19(18-4-2-1-3-17(16)18)33-13-15-7-5-14(11-30)6-8-15/h1-10,12,32H,13H2/b31-12+. The summed E-state index contributed by atoms with van der Waals surface area (Å²) in [5.41, 5.74) is 2.37. The van der Waals surface area contributed by atoms with Crippen LogP contribution >= 0.6 is 11.8 Å². The molecule has 0 saturated carbocycles. The quantitative estimate of drug-likeness (QED) is 0.133. The van der Waals surface area contributed by atoms with Gasteiger partial charge >= 0.3 is 18.1 Å². The van der Waals surface area contributed by atoms with Crippen LogP contribution < -0.4 is 5.43 Å². The first-order chi connectivity index (χ1) is 15.5. The second kappa shape index (κ2) is 9.31. The fraction of sp³-hybridized carbons (Fsp3) is 0.182. The first-order valence-corrected chi connectivity index (χ1v) is 10.2. The van der Waals surface area contributed by atoms with E-state index in [0.717, 1.165) is 16.7 Å². The average molecular weight is 485 g/mol. The van der Waals surface area contributed by atoms with Gasteiger partial charge in [-0.3, -0.25) is 0 Å². The average Bonchev–Trinajstić information content (AvgIpc) is 2.77. The number of hydrogen-bond donors (Lipinski definition) is 1. The van der Waals surface area contributed by atoms with Crippen LogP contribution in [0.2, 0.25) is 0 Å². The molecule has 1 N–H and O–H groups in total. The molecule has 0 aromatic heterocycles. The maximum absolute atomic E-state index is 13.4. The highest BCUT2D eigenvalue weighted by Crippen LogP contribution is 2.45. The van der Waals surface area contributed by atoms with E-state index in [-0.39, 0.29) is 5.56 Å². The Balaban J connectivity index is 1.81. The Morgan fingerprint density at radius 3 is 2.12 bits per heavy atom. The van der Waals surface area contributed by atoms with Gasteiger partial charge in [0.2, 0.25) is 0 Å². The van der Waals surface area contributed by atoms with Gasteiger partial charge in [0.1, 0.15) is 0 Å². The maximum atomic E-state index is 13.4. The lowest BCUT2D eigenvalue weighted by Gasteiger charge is -2.27. The van der Waals surface area contributed by atoms with E-state index in [0.29, 0.717) is 27.5 Å². The zero-order valence-corrected chi connectivity index (χ0v) is 17.3. The van der Waals surface area contributed by atoms with Gasteiger partial charge in [-0.25, -0.2) is 5.43 Å². The Kier molecular flexibility index (Phi) is 6.88. The van der Waals surface area contributed by atoms with Crippen molar-refractivity contribution in [3.05, 3.63) is 77.4 Å². The van der Waals surface area contributed by atoms with Crippen LogP contribution in [0.15, 0.2) is 70.7 Å². The number of nitrogens with one attached hydrogen (secondary N) is 1. The summed E-state index contributed by atoms with van der Waals surface area (Å²) in [6.07, 6.45) is -5.68. The van der Waals surface area contributed by atoms with Gasteiger partial charge in [-0.2, -0.15) is 41.1 Å². The van der Waals surface area contributed by atoms with Crippen molar-refractivity contribution in [2.24, 2.45) is 5.10 Å². The molecular formula is C22H14F7N3S. The van der Waals surface area contributed by atoms with Crippen LogP contribution in [0.4, 0.5) is 30.7 Å². The fourth-order valence-electron chi connectivity index (χ4n) is 2.80. The monoisotopic (exact) mass is 485 g/mol. The molecule has 0 aliphatic carbocycles. The van der Waals surface area contributed by atoms with Crippen molar-refractivity contribution >= 4 is 28.7 Å². The molecule has 0 aliphatic rings. The van der Waals surface area contributed by atoms with Crippen LogP contribution in [0.1, 0.15) is 16.7 Å². The molecule has 33 heavy (non-hydrogen) atoms. The van der Waals surface area contributed by atoms with Crippen molar-refractivity contribution in [1.82, 2.24) is 5.43 Å². The number of benzene rings is 3. The van der Waals surface area contributed by atoms with E-state index in [9.17, 15) is 30.7 Å². The second-order valence-corrected chi connectivity index (χ2v) is 7.83. The normalized spacial score (nSPS) is 12.8. The van der Waals surface area contributed by atoms with Crippen LogP contribution in [0.3, 0.4) is 0 Å². The highest BCUT2D eigenvalue weighted by Gasteiger charge is 2.73. The third kappa shape index (κ3) is 5.22. The summed E-state index contributed by atoms with van der Waals surface area (Å²) in [7, 11) is 0. The van der Waals surface area contributed by atoms with Gasteiger partial charge < -0.3 is 0 Å². The Bertz CT molecular complexity index is 1200. The van der Waals surface area contributed by atoms with E-state index in [1.807, 2.05) is 18.2 Å². The molecule has 0 aliphatic heterocycles. The topological polar surface area (TPSA) is 48.2 Å². The Morgan fingerprint density at radius 1 is 0.879 bits per heavy atom. The minimum absolute atomic E-state index is 0.243. The minimum atomic E-state index is -6.44. The number of hydrazone groups is 1. The number of nitriles is 1. The summed E-state index contributed by atoms with van der Waals surface area (Å²) in [5, 5.41) is 13.1. The van der Waals surface area contributed by atoms with E-state index in [4.69, 9.17) is 5.26 Å². The molecule has 172 valence electrons. The number of fused-ring (bicyclic) bond motifs is 1. The predicted molar refractivity (Wildman–Crippen MR) is 111 cm³/mol. The largest absolute Gasteiger partial charge is 0.462 e. The molecule has 0 bridgehead atoms. The van der Waals surface area contributed by atoms with Crippen molar-refractivity contribution < 1.29 is 30.7 Å². The molecule has 0 radical (unpaired) electrons. The smallest absolute Gasteiger partial charge is 0.242 e. The van der Waals surface area contributed by atoms with Crippen LogP contribution in [-0.4, -0.2) is 24.4 Å². The molecular weight excluding hydrogens is 471 g/mol. The third-order valence-corrected chi connectivity index (χ3v) is 5.70. The zero-order chi connectivity index (χ0) is 24.3. The Morgan fingerprint density at radius 2 is 1.52 bits per heavy atom. The van der Waals surface area contributed by atoms with E-state index < -0.39 is 18.1 Å². The summed E-state index contributed by atoms with van der Waals surface area (Å²) in [5.74, 6) is -5.73. The fourth-order valence-corrected chi connectivity index (χ4v) is 3.81. The molecule has 0 spiro atoms. The zero-order valence-electron chi connectivity index (χ0n) is 16.5. The van der Waals surface area contributed by atoms with Crippen molar-refractivity contribution in [3.8, 4) is 6.07 Å². The van der Waals surface area contributed by atoms with E-state index in [1.165, 1.54) is 17.8 Å².